The number of nitro groups is 2. The first kappa shape index (κ1) is 35.9. The number of ether oxygens (including phenoxy) is 2. The Morgan fingerprint density at radius 2 is 1.22 bits per heavy atom. The molecule has 0 heterocycles. The van der Waals surface area contributed by atoms with Gasteiger partial charge in [-0.25, -0.2) is 5.48 Å². The fourth-order valence-electron chi connectivity index (χ4n) is 8.49. The van der Waals surface area contributed by atoms with E-state index in [1.165, 1.54) is 0 Å². The SMILES string of the molecule is O=C(O)C1CCCC([N+](=O)[O-])C1C(=O)NC1CCC(OCCOC2CCC(C(NO)C3C(C(=O)O)CCCC3[N+](=O)[O-])CC2)CC1. The molecule has 0 spiro atoms. The van der Waals surface area contributed by atoms with E-state index in [1.807, 2.05) is 0 Å². The molecule has 0 aliphatic heterocycles. The molecule has 4 fully saturated rings. The van der Waals surface area contributed by atoms with Gasteiger partial charge in [-0.1, -0.05) is 0 Å². The number of carboxylic acid groups (broad SMARTS) is 2. The lowest BCUT2D eigenvalue weighted by Crippen LogP contribution is -2.54. The van der Waals surface area contributed by atoms with Crippen LogP contribution in [0.25, 0.3) is 0 Å². The molecule has 260 valence electrons. The van der Waals surface area contributed by atoms with E-state index in [4.69, 9.17) is 9.47 Å². The molecule has 0 aromatic carbocycles. The molecule has 0 aromatic rings. The normalized spacial score (nSPS) is 35.8. The van der Waals surface area contributed by atoms with E-state index in [1.54, 1.807) is 0 Å². The molecule has 0 saturated heterocycles. The van der Waals surface area contributed by atoms with Gasteiger partial charge in [0.25, 0.3) is 0 Å². The van der Waals surface area contributed by atoms with Gasteiger partial charge in [-0.3, -0.25) is 34.6 Å². The zero-order chi connectivity index (χ0) is 33.4. The monoisotopic (exact) mass is 656 g/mol. The molecule has 16 nitrogen and oxygen atoms in total. The fraction of sp³-hybridized carbons (Fsp3) is 0.900. The Kier molecular flexibility index (Phi) is 13.1. The molecular weight excluding hydrogens is 608 g/mol. The zero-order valence-electron chi connectivity index (χ0n) is 26.1. The highest BCUT2D eigenvalue weighted by Crippen LogP contribution is 2.40. The van der Waals surface area contributed by atoms with E-state index in [9.17, 15) is 50.0 Å². The van der Waals surface area contributed by atoms with Crippen LogP contribution >= 0.6 is 0 Å². The minimum absolute atomic E-state index is 0.0240. The second-order valence-electron chi connectivity index (χ2n) is 13.5. The third-order valence-corrected chi connectivity index (χ3v) is 10.9. The Bertz CT molecular complexity index is 1030. The van der Waals surface area contributed by atoms with Crippen molar-refractivity contribution < 1.29 is 49.1 Å². The summed E-state index contributed by atoms with van der Waals surface area (Å²) in [5.41, 5.74) is 2.26. The van der Waals surface area contributed by atoms with Crippen LogP contribution in [-0.4, -0.2) is 92.7 Å². The number of hydrogen-bond acceptors (Lipinski definition) is 11. The molecule has 7 unspecified atom stereocenters. The van der Waals surface area contributed by atoms with Gasteiger partial charge in [0, 0.05) is 34.8 Å². The van der Waals surface area contributed by atoms with E-state index in [-0.39, 0.29) is 37.0 Å². The summed E-state index contributed by atoms with van der Waals surface area (Å²) in [6, 6.07) is -3.09. The standard InChI is InChI=1S/C30H48N4O12/c35-28(26-22(30(38)39)4-2-6-24(26)34(43)44)31-18-9-13-20(14-10-18)46-16-15-45-19-11-7-17(8-12-19)27(32-40)25-21(29(36)37)3-1-5-23(25)33(41)42/h17-27,32,40H,1-16H2,(H,31,35)(H,36,37)(H,38,39). The van der Waals surface area contributed by atoms with E-state index < -0.39 is 69.5 Å². The first-order chi connectivity index (χ1) is 22.0. The summed E-state index contributed by atoms with van der Waals surface area (Å²) in [4.78, 5) is 58.9. The minimum Gasteiger partial charge on any atom is -0.481 e. The first-order valence-corrected chi connectivity index (χ1v) is 16.7. The van der Waals surface area contributed by atoms with Crippen LogP contribution in [0.4, 0.5) is 0 Å². The number of carbonyl (C=O) groups excluding carboxylic acids is 1. The summed E-state index contributed by atoms with van der Waals surface area (Å²) in [5, 5.41) is 55.4. The van der Waals surface area contributed by atoms with Crippen LogP contribution in [0.3, 0.4) is 0 Å². The van der Waals surface area contributed by atoms with Crippen molar-refractivity contribution >= 4 is 17.8 Å². The Hall–Kier alpha value is -2.95. The number of hydrogen-bond donors (Lipinski definition) is 5. The first-order valence-electron chi connectivity index (χ1n) is 16.7. The third-order valence-electron chi connectivity index (χ3n) is 10.9. The van der Waals surface area contributed by atoms with Gasteiger partial charge in [-0.15, -0.1) is 0 Å². The summed E-state index contributed by atoms with van der Waals surface area (Å²) in [6.45, 7) is 0.753. The van der Waals surface area contributed by atoms with E-state index in [2.05, 4.69) is 10.8 Å². The number of hydroxylamine groups is 1. The Morgan fingerprint density at radius 1 is 0.717 bits per heavy atom. The van der Waals surface area contributed by atoms with E-state index in [0.29, 0.717) is 90.3 Å². The van der Waals surface area contributed by atoms with E-state index in [0.717, 1.165) is 0 Å². The lowest BCUT2D eigenvalue weighted by Gasteiger charge is -2.41. The molecule has 0 bridgehead atoms. The predicted molar refractivity (Wildman–Crippen MR) is 159 cm³/mol. The molecule has 16 heteroatoms. The summed E-state index contributed by atoms with van der Waals surface area (Å²) in [5.74, 6) is -6.82. The largest absolute Gasteiger partial charge is 0.481 e. The maximum absolute atomic E-state index is 13.0. The van der Waals surface area contributed by atoms with Gasteiger partial charge >= 0.3 is 11.9 Å². The fourth-order valence-corrected chi connectivity index (χ4v) is 8.49. The zero-order valence-corrected chi connectivity index (χ0v) is 26.1. The molecule has 46 heavy (non-hydrogen) atoms. The lowest BCUT2D eigenvalue weighted by atomic mass is 9.67. The Labute approximate surface area is 267 Å². The molecule has 4 saturated carbocycles. The molecule has 5 N–H and O–H groups in total. The smallest absolute Gasteiger partial charge is 0.307 e. The van der Waals surface area contributed by atoms with Crippen LogP contribution < -0.4 is 10.8 Å². The van der Waals surface area contributed by atoms with Crippen LogP contribution in [0.15, 0.2) is 0 Å². The quantitative estimate of drug-likeness (QED) is 0.103. The highest BCUT2D eigenvalue weighted by Gasteiger charge is 2.51. The number of amides is 1. The molecule has 1 amide bonds. The van der Waals surface area contributed by atoms with Crippen molar-refractivity contribution in [2.24, 2.45) is 29.6 Å². The van der Waals surface area contributed by atoms with Crippen LogP contribution in [0.2, 0.25) is 0 Å². The topological polar surface area (TPSA) is 241 Å². The summed E-state index contributed by atoms with van der Waals surface area (Å²) in [7, 11) is 0. The number of aliphatic carboxylic acids is 2. The molecule has 7 atom stereocenters. The lowest BCUT2D eigenvalue weighted by molar-refractivity contribution is -0.539. The third kappa shape index (κ3) is 8.89. The van der Waals surface area contributed by atoms with Crippen LogP contribution in [0.5, 0.6) is 0 Å². The van der Waals surface area contributed by atoms with Crippen LogP contribution in [0, 0.1) is 49.8 Å². The molecule has 4 aliphatic rings. The van der Waals surface area contributed by atoms with Gasteiger partial charge in [0.05, 0.1) is 43.2 Å². The Morgan fingerprint density at radius 3 is 1.72 bits per heavy atom. The van der Waals surface area contributed by atoms with Crippen molar-refractivity contribution in [3.63, 3.8) is 0 Å². The van der Waals surface area contributed by atoms with Gasteiger partial charge in [0.15, 0.2) is 0 Å². The number of rotatable bonds is 14. The summed E-state index contributed by atoms with van der Waals surface area (Å²) < 4.78 is 12.0. The maximum Gasteiger partial charge on any atom is 0.307 e. The molecule has 4 rings (SSSR count). The second-order valence-corrected chi connectivity index (χ2v) is 13.5. The van der Waals surface area contributed by atoms with Crippen molar-refractivity contribution in [1.82, 2.24) is 10.8 Å². The number of carbonyl (C=O) groups is 3. The predicted octanol–water partition coefficient (Wildman–Crippen LogP) is 2.65. The van der Waals surface area contributed by atoms with E-state index >= 15 is 0 Å². The highest BCUT2D eigenvalue weighted by molar-refractivity contribution is 5.85. The maximum atomic E-state index is 13.0. The minimum atomic E-state index is -1.19. The summed E-state index contributed by atoms with van der Waals surface area (Å²) >= 11 is 0. The second kappa shape index (κ2) is 16.7. The molecule has 0 radical (unpaired) electrons. The molecule has 0 aromatic heterocycles. The van der Waals surface area contributed by atoms with Crippen LogP contribution in [0.1, 0.15) is 89.9 Å². The average Bonchev–Trinajstić information content (AvgIpc) is 3.04. The average molecular weight is 657 g/mol. The van der Waals surface area contributed by atoms with Crippen molar-refractivity contribution in [1.29, 1.82) is 0 Å². The molecule has 4 aliphatic carbocycles. The van der Waals surface area contributed by atoms with Crippen molar-refractivity contribution in [3.05, 3.63) is 20.2 Å². The number of nitrogens with one attached hydrogen (secondary N) is 2. The summed E-state index contributed by atoms with van der Waals surface area (Å²) in [6.07, 6.45) is 7.17. The van der Waals surface area contributed by atoms with Crippen LogP contribution in [-0.2, 0) is 23.9 Å². The Balaban J connectivity index is 1.15. The van der Waals surface area contributed by atoms with Crippen molar-refractivity contribution in [3.8, 4) is 0 Å². The van der Waals surface area contributed by atoms with Gasteiger partial charge in [-0.2, -0.15) is 0 Å². The van der Waals surface area contributed by atoms with Crippen molar-refractivity contribution in [2.45, 2.75) is 126 Å². The van der Waals surface area contributed by atoms with Gasteiger partial charge < -0.3 is 30.2 Å². The molecular formula is C30H48N4O12. The van der Waals surface area contributed by atoms with Crippen molar-refractivity contribution in [2.75, 3.05) is 13.2 Å². The number of carboxylic acids is 2. The van der Waals surface area contributed by atoms with Gasteiger partial charge in [-0.05, 0) is 83.0 Å². The number of nitrogens with zero attached hydrogens (tertiary/aromatic N) is 2. The highest BCUT2D eigenvalue weighted by atomic mass is 16.6. The van der Waals surface area contributed by atoms with Gasteiger partial charge in [0.2, 0.25) is 18.0 Å². The van der Waals surface area contributed by atoms with Gasteiger partial charge in [0.1, 0.15) is 5.92 Å².